The molecular formula is C18H20ClNO3. The molecule has 0 saturated carbocycles. The van der Waals surface area contributed by atoms with Crippen LogP contribution in [-0.2, 0) is 4.79 Å². The van der Waals surface area contributed by atoms with E-state index in [0.717, 1.165) is 22.6 Å². The number of rotatable bonds is 7. The van der Waals surface area contributed by atoms with E-state index in [-0.39, 0.29) is 12.5 Å². The number of hydrogen-bond acceptors (Lipinski definition) is 3. The van der Waals surface area contributed by atoms with E-state index >= 15 is 0 Å². The van der Waals surface area contributed by atoms with Gasteiger partial charge >= 0.3 is 0 Å². The van der Waals surface area contributed by atoms with E-state index in [1.807, 2.05) is 32.0 Å². The van der Waals surface area contributed by atoms with Gasteiger partial charge in [-0.1, -0.05) is 23.7 Å². The Morgan fingerprint density at radius 2 is 1.83 bits per heavy atom. The number of amides is 1. The Kier molecular flexibility index (Phi) is 6.29. The first-order valence-electron chi connectivity index (χ1n) is 7.40. The first-order valence-corrected chi connectivity index (χ1v) is 7.78. The summed E-state index contributed by atoms with van der Waals surface area (Å²) in [7, 11) is 0. The molecule has 0 bridgehead atoms. The molecular weight excluding hydrogens is 314 g/mol. The molecule has 0 saturated heterocycles. The number of nitrogens with one attached hydrogen (secondary N) is 1. The molecule has 0 unspecified atom stereocenters. The van der Waals surface area contributed by atoms with Crippen LogP contribution >= 0.6 is 11.6 Å². The molecule has 23 heavy (non-hydrogen) atoms. The van der Waals surface area contributed by atoms with Crippen molar-refractivity contribution >= 4 is 17.5 Å². The largest absolute Gasteiger partial charge is 0.492 e. The third-order valence-corrected chi connectivity index (χ3v) is 3.67. The molecule has 1 N–H and O–H groups in total. The zero-order valence-electron chi connectivity index (χ0n) is 13.3. The number of aryl methyl sites for hydroxylation is 1. The van der Waals surface area contributed by atoms with Gasteiger partial charge in [-0.25, -0.2) is 0 Å². The van der Waals surface area contributed by atoms with Crippen molar-refractivity contribution in [3.8, 4) is 11.5 Å². The highest BCUT2D eigenvalue weighted by molar-refractivity contribution is 6.30. The summed E-state index contributed by atoms with van der Waals surface area (Å²) in [6, 6.07) is 12.9. The smallest absolute Gasteiger partial charge is 0.258 e. The summed E-state index contributed by atoms with van der Waals surface area (Å²) in [5, 5.41) is 3.41. The Hall–Kier alpha value is -2.20. The molecule has 0 aliphatic rings. The molecule has 4 nitrogen and oxygen atoms in total. The summed E-state index contributed by atoms with van der Waals surface area (Å²) in [6.07, 6.45) is 0. The van der Waals surface area contributed by atoms with Crippen LogP contribution in [0.4, 0.5) is 0 Å². The van der Waals surface area contributed by atoms with E-state index in [1.54, 1.807) is 24.3 Å². The Bertz CT molecular complexity index is 656. The Morgan fingerprint density at radius 3 is 2.57 bits per heavy atom. The molecule has 2 aromatic carbocycles. The highest BCUT2D eigenvalue weighted by atomic mass is 35.5. The van der Waals surface area contributed by atoms with Crippen LogP contribution in [0.15, 0.2) is 42.5 Å². The summed E-state index contributed by atoms with van der Waals surface area (Å²) in [5.74, 6) is 1.28. The lowest BCUT2D eigenvalue weighted by Gasteiger charge is -2.11. The summed E-state index contributed by atoms with van der Waals surface area (Å²) >= 11 is 5.79. The van der Waals surface area contributed by atoms with Crippen LogP contribution in [0, 0.1) is 13.8 Å². The van der Waals surface area contributed by atoms with Crippen molar-refractivity contribution in [2.45, 2.75) is 13.8 Å². The molecule has 2 aromatic rings. The highest BCUT2D eigenvalue weighted by Gasteiger charge is 2.05. The summed E-state index contributed by atoms with van der Waals surface area (Å²) in [5.41, 5.74) is 2.19. The third kappa shape index (κ3) is 5.49. The fourth-order valence-corrected chi connectivity index (χ4v) is 2.09. The minimum Gasteiger partial charge on any atom is -0.492 e. The van der Waals surface area contributed by atoms with Gasteiger partial charge in [0.2, 0.25) is 0 Å². The van der Waals surface area contributed by atoms with Gasteiger partial charge in [0.05, 0.1) is 6.54 Å². The Balaban J connectivity index is 1.67. The van der Waals surface area contributed by atoms with Crippen LogP contribution < -0.4 is 14.8 Å². The van der Waals surface area contributed by atoms with Gasteiger partial charge in [-0.3, -0.25) is 4.79 Å². The minimum absolute atomic E-state index is 0.00869. The van der Waals surface area contributed by atoms with E-state index in [9.17, 15) is 4.79 Å². The first-order chi connectivity index (χ1) is 11.1. The summed E-state index contributed by atoms with van der Waals surface area (Å²) in [4.78, 5) is 11.8. The lowest BCUT2D eigenvalue weighted by atomic mass is 10.1. The van der Waals surface area contributed by atoms with Gasteiger partial charge in [-0.15, -0.1) is 0 Å². The third-order valence-electron chi connectivity index (χ3n) is 3.42. The zero-order chi connectivity index (χ0) is 16.7. The van der Waals surface area contributed by atoms with E-state index in [2.05, 4.69) is 5.32 Å². The summed E-state index contributed by atoms with van der Waals surface area (Å²) in [6.45, 7) is 4.78. The van der Waals surface area contributed by atoms with E-state index < -0.39 is 0 Å². The predicted molar refractivity (Wildman–Crippen MR) is 91.4 cm³/mol. The maximum absolute atomic E-state index is 11.8. The summed E-state index contributed by atoms with van der Waals surface area (Å²) < 4.78 is 11.0. The van der Waals surface area contributed by atoms with Crippen molar-refractivity contribution < 1.29 is 14.3 Å². The molecule has 122 valence electrons. The number of hydrogen-bond donors (Lipinski definition) is 1. The second-order valence-corrected chi connectivity index (χ2v) is 5.58. The number of benzene rings is 2. The maximum Gasteiger partial charge on any atom is 0.258 e. The van der Waals surface area contributed by atoms with Gasteiger partial charge in [0.1, 0.15) is 18.1 Å². The maximum atomic E-state index is 11.8. The molecule has 1 amide bonds. The fraction of sp³-hybridized carbons (Fsp3) is 0.278. The molecule has 0 heterocycles. The van der Waals surface area contributed by atoms with Gasteiger partial charge in [0.25, 0.3) is 5.91 Å². The SMILES string of the molecule is Cc1cccc(OCC(=O)NCCOc2ccc(Cl)cc2)c1C. The van der Waals surface area contributed by atoms with Crippen LogP contribution in [0.25, 0.3) is 0 Å². The highest BCUT2D eigenvalue weighted by Crippen LogP contribution is 2.20. The Morgan fingerprint density at radius 1 is 1.09 bits per heavy atom. The predicted octanol–water partition coefficient (Wildman–Crippen LogP) is 3.53. The van der Waals surface area contributed by atoms with E-state index in [1.165, 1.54) is 0 Å². The lowest BCUT2D eigenvalue weighted by molar-refractivity contribution is -0.123. The van der Waals surface area contributed by atoms with Gasteiger partial charge in [-0.2, -0.15) is 0 Å². The van der Waals surface area contributed by atoms with Gasteiger partial charge < -0.3 is 14.8 Å². The van der Waals surface area contributed by atoms with Gasteiger partial charge in [-0.05, 0) is 55.3 Å². The average molecular weight is 334 g/mol. The molecule has 0 aliphatic carbocycles. The molecule has 5 heteroatoms. The molecule has 0 aliphatic heterocycles. The molecule has 0 atom stereocenters. The van der Waals surface area contributed by atoms with Crippen LogP contribution in [0.2, 0.25) is 5.02 Å². The Labute approximate surface area is 141 Å². The number of ether oxygens (including phenoxy) is 2. The number of halogens is 1. The first kappa shape index (κ1) is 17.2. The molecule has 0 spiro atoms. The van der Waals surface area contributed by atoms with Crippen molar-refractivity contribution in [2.24, 2.45) is 0 Å². The average Bonchev–Trinajstić information content (AvgIpc) is 2.54. The second kappa shape index (κ2) is 8.44. The molecule has 0 radical (unpaired) electrons. The standard InChI is InChI=1S/C18H20ClNO3/c1-13-4-3-5-17(14(13)2)23-12-18(21)20-10-11-22-16-8-6-15(19)7-9-16/h3-9H,10-12H2,1-2H3,(H,20,21). The van der Waals surface area contributed by atoms with Crippen molar-refractivity contribution in [1.82, 2.24) is 5.32 Å². The van der Waals surface area contributed by atoms with Crippen molar-refractivity contribution in [3.05, 3.63) is 58.6 Å². The van der Waals surface area contributed by atoms with Crippen molar-refractivity contribution in [1.29, 1.82) is 0 Å². The van der Waals surface area contributed by atoms with Crippen LogP contribution in [0.1, 0.15) is 11.1 Å². The quantitative estimate of drug-likeness (QED) is 0.788. The lowest BCUT2D eigenvalue weighted by Crippen LogP contribution is -2.32. The van der Waals surface area contributed by atoms with Gasteiger partial charge in [0.15, 0.2) is 6.61 Å². The van der Waals surface area contributed by atoms with Crippen LogP contribution in [0.5, 0.6) is 11.5 Å². The number of carbonyl (C=O) groups excluding carboxylic acids is 1. The number of carbonyl (C=O) groups is 1. The monoisotopic (exact) mass is 333 g/mol. The molecule has 2 rings (SSSR count). The molecule has 0 fully saturated rings. The van der Waals surface area contributed by atoms with Crippen LogP contribution in [-0.4, -0.2) is 25.7 Å². The van der Waals surface area contributed by atoms with Crippen molar-refractivity contribution in [3.63, 3.8) is 0 Å². The van der Waals surface area contributed by atoms with Crippen LogP contribution in [0.3, 0.4) is 0 Å². The minimum atomic E-state index is -0.175. The van der Waals surface area contributed by atoms with Crippen molar-refractivity contribution in [2.75, 3.05) is 19.8 Å². The van der Waals surface area contributed by atoms with Gasteiger partial charge in [0, 0.05) is 5.02 Å². The van der Waals surface area contributed by atoms with E-state index in [0.29, 0.717) is 18.2 Å². The normalized spacial score (nSPS) is 10.2. The second-order valence-electron chi connectivity index (χ2n) is 5.14. The molecule has 0 aromatic heterocycles. The fourth-order valence-electron chi connectivity index (χ4n) is 1.97. The zero-order valence-corrected chi connectivity index (χ0v) is 14.0. The topological polar surface area (TPSA) is 47.6 Å². The van der Waals surface area contributed by atoms with E-state index in [4.69, 9.17) is 21.1 Å².